The van der Waals surface area contributed by atoms with Gasteiger partial charge in [0, 0.05) is 52.4 Å². The summed E-state index contributed by atoms with van der Waals surface area (Å²) >= 11 is 0. The highest BCUT2D eigenvalue weighted by molar-refractivity contribution is 6.13. The molecular formula is C45H50N4O5. The van der Waals surface area contributed by atoms with Crippen LogP contribution in [0.4, 0.5) is 0 Å². The molecule has 5 heterocycles. The molecule has 2 aliphatic heterocycles. The van der Waals surface area contributed by atoms with Crippen molar-refractivity contribution in [2.75, 3.05) is 0 Å². The van der Waals surface area contributed by atoms with E-state index in [4.69, 9.17) is 14.7 Å². The molecule has 0 saturated carbocycles. The molecule has 8 bridgehead atoms. The highest BCUT2D eigenvalue weighted by atomic mass is 16.6. The summed E-state index contributed by atoms with van der Waals surface area (Å²) in [6.45, 7) is 20.4. The number of carboxylic acids is 1. The van der Waals surface area contributed by atoms with Crippen LogP contribution in [0.15, 0.2) is 36.4 Å². The summed E-state index contributed by atoms with van der Waals surface area (Å²) in [5.41, 5.74) is 15.3. The fourth-order valence-corrected chi connectivity index (χ4v) is 8.75. The molecule has 0 saturated heterocycles. The molecule has 1 aromatic carbocycles. The van der Waals surface area contributed by atoms with Gasteiger partial charge in [-0.3, -0.25) is 14.6 Å². The van der Waals surface area contributed by atoms with Crippen LogP contribution >= 0.6 is 0 Å². The second kappa shape index (κ2) is 13.5. The number of carboxylic acid groups (broad SMARTS) is 1. The van der Waals surface area contributed by atoms with E-state index in [1.165, 1.54) is 5.56 Å². The van der Waals surface area contributed by atoms with E-state index in [1.54, 1.807) is 12.1 Å². The molecule has 1 aliphatic carbocycles. The highest BCUT2D eigenvalue weighted by Crippen LogP contribution is 2.48. The summed E-state index contributed by atoms with van der Waals surface area (Å²) in [5.74, 6) is -1.50. The number of nitrogens with one attached hydrogen (secondary N) is 2. The quantitative estimate of drug-likeness (QED) is 0.161. The summed E-state index contributed by atoms with van der Waals surface area (Å²) in [7, 11) is 0. The van der Waals surface area contributed by atoms with Crippen LogP contribution < -0.4 is 0 Å². The molecular weight excluding hydrogens is 677 g/mol. The standard InChI is InChI=1S/C45H50N4O5/c1-11-28-22(4)31-20-34-37(21(2)3)25(7)41(48-34)39(26-12-14-27(15-13-26)44(53)54-45(8,9)10)40-23(5)29(16-17-36(51)52)42(49-40)30-18-35(50)38-24(6)32(47-43(30)38)19-33(28)46-31/h12-15,19-21,23,29,47-48H,11,16-18H2,1-10H3,(H,51,52)/t23-,29-/m0/s1. The normalized spacial score (nSPS) is 16.8. The van der Waals surface area contributed by atoms with E-state index >= 15 is 0 Å². The Morgan fingerprint density at radius 1 is 0.926 bits per heavy atom. The van der Waals surface area contributed by atoms with Gasteiger partial charge in [0.15, 0.2) is 5.78 Å². The number of ether oxygens (including phenoxy) is 1. The topological polar surface area (TPSA) is 138 Å². The molecule has 3 N–H and O–H groups in total. The third-order valence-electron chi connectivity index (χ3n) is 11.3. The number of carbonyl (C=O) groups excluding carboxylic acids is 2. The van der Waals surface area contributed by atoms with Crippen LogP contribution in [0.5, 0.6) is 0 Å². The van der Waals surface area contributed by atoms with Gasteiger partial charge in [-0.1, -0.05) is 39.8 Å². The molecule has 9 nitrogen and oxygen atoms in total. The molecule has 0 fully saturated rings. The van der Waals surface area contributed by atoms with E-state index < -0.39 is 17.5 Å². The fraction of sp³-hybridized carbons (Fsp3) is 0.400. The minimum atomic E-state index is -0.874. The van der Waals surface area contributed by atoms with Crippen LogP contribution in [0.25, 0.3) is 44.3 Å². The molecule has 3 aromatic heterocycles. The molecule has 3 aliphatic rings. The lowest BCUT2D eigenvalue weighted by Crippen LogP contribution is -2.23. The first kappa shape index (κ1) is 37.0. The number of esters is 1. The Kier molecular flexibility index (Phi) is 9.27. The van der Waals surface area contributed by atoms with Crippen molar-refractivity contribution in [3.63, 3.8) is 0 Å². The number of carbonyl (C=O) groups is 3. The first-order valence-electron chi connectivity index (χ1n) is 19.1. The van der Waals surface area contributed by atoms with Crippen molar-refractivity contribution >= 4 is 50.9 Å². The van der Waals surface area contributed by atoms with Crippen molar-refractivity contribution in [3.05, 3.63) is 92.6 Å². The van der Waals surface area contributed by atoms with Crippen LogP contribution in [0, 0.1) is 13.8 Å². The average molecular weight is 727 g/mol. The van der Waals surface area contributed by atoms with E-state index in [0.717, 1.165) is 90.2 Å². The van der Waals surface area contributed by atoms with Crippen molar-refractivity contribution in [3.8, 4) is 11.1 Å². The number of hydrogen-bond donors (Lipinski definition) is 3. The Morgan fingerprint density at radius 3 is 2.22 bits per heavy atom. The van der Waals surface area contributed by atoms with Crippen molar-refractivity contribution < 1.29 is 24.2 Å². The van der Waals surface area contributed by atoms with Crippen LogP contribution in [0.3, 0.4) is 0 Å². The first-order valence-corrected chi connectivity index (χ1v) is 19.1. The first-order chi connectivity index (χ1) is 25.5. The van der Waals surface area contributed by atoms with Gasteiger partial charge in [0.2, 0.25) is 0 Å². The number of rotatable bonds is 7. The lowest BCUT2D eigenvalue weighted by molar-refractivity contribution is -0.137. The molecule has 280 valence electrons. The minimum absolute atomic E-state index is 0.0276. The van der Waals surface area contributed by atoms with Crippen LogP contribution in [-0.4, -0.2) is 48.4 Å². The molecule has 4 aromatic rings. The third kappa shape index (κ3) is 6.27. The number of fused-ring (bicyclic) bond motifs is 8. The maximum Gasteiger partial charge on any atom is 0.338 e. The van der Waals surface area contributed by atoms with Gasteiger partial charge in [-0.2, -0.15) is 0 Å². The predicted octanol–water partition coefficient (Wildman–Crippen LogP) is 10.5. The van der Waals surface area contributed by atoms with Gasteiger partial charge >= 0.3 is 11.9 Å². The summed E-state index contributed by atoms with van der Waals surface area (Å²) in [5, 5.41) is 9.86. The Bertz CT molecular complexity index is 2450. The molecule has 54 heavy (non-hydrogen) atoms. The zero-order valence-electron chi connectivity index (χ0n) is 33.0. The molecule has 0 spiro atoms. The summed E-state index contributed by atoms with van der Waals surface area (Å²) in [6.07, 6.45) is 1.34. The molecule has 7 rings (SSSR count). The number of benzene rings is 1. The maximum atomic E-state index is 13.8. The highest BCUT2D eigenvalue weighted by Gasteiger charge is 2.37. The number of aromatic nitrogens is 4. The van der Waals surface area contributed by atoms with Gasteiger partial charge in [-0.15, -0.1) is 0 Å². The summed E-state index contributed by atoms with van der Waals surface area (Å²) in [4.78, 5) is 57.0. The maximum absolute atomic E-state index is 13.8. The zero-order chi connectivity index (χ0) is 39.0. The number of H-pyrrole nitrogens is 2. The van der Waals surface area contributed by atoms with Gasteiger partial charge in [0.25, 0.3) is 0 Å². The predicted molar refractivity (Wildman–Crippen MR) is 214 cm³/mol. The van der Waals surface area contributed by atoms with E-state index in [2.05, 4.69) is 63.6 Å². The van der Waals surface area contributed by atoms with Crippen LogP contribution in [0.1, 0.15) is 158 Å². The number of nitrogens with zero attached hydrogens (tertiary/aromatic N) is 2. The van der Waals surface area contributed by atoms with Crippen LogP contribution in [-0.2, 0) is 16.0 Å². The Hall–Kier alpha value is -5.31. The number of allylic oxidation sites excluding steroid dienone is 2. The Balaban J connectivity index is 1.65. The smallest absolute Gasteiger partial charge is 0.338 e. The number of aromatic amines is 2. The molecule has 9 heteroatoms. The van der Waals surface area contributed by atoms with Gasteiger partial charge in [0.1, 0.15) is 5.60 Å². The Morgan fingerprint density at radius 2 is 1.59 bits per heavy atom. The monoisotopic (exact) mass is 726 g/mol. The van der Waals surface area contributed by atoms with E-state index in [0.29, 0.717) is 17.5 Å². The van der Waals surface area contributed by atoms with Gasteiger partial charge in [-0.25, -0.2) is 9.78 Å². The average Bonchev–Trinajstić information content (AvgIpc) is 3.85. The van der Waals surface area contributed by atoms with E-state index in [-0.39, 0.29) is 36.4 Å². The summed E-state index contributed by atoms with van der Waals surface area (Å²) < 4.78 is 5.68. The number of aryl methyl sites for hydroxylation is 2. The molecule has 0 radical (unpaired) electrons. The lowest BCUT2D eigenvalue weighted by Gasteiger charge is -2.20. The van der Waals surface area contributed by atoms with Gasteiger partial charge in [-0.05, 0) is 118 Å². The minimum Gasteiger partial charge on any atom is -0.481 e. The second-order valence-corrected chi connectivity index (χ2v) is 16.4. The molecule has 2 atom stereocenters. The van der Waals surface area contributed by atoms with Crippen LogP contribution in [0.2, 0.25) is 0 Å². The zero-order valence-corrected chi connectivity index (χ0v) is 33.0. The van der Waals surface area contributed by atoms with Crippen molar-refractivity contribution in [2.24, 2.45) is 0 Å². The van der Waals surface area contributed by atoms with E-state index in [1.807, 2.05) is 39.8 Å². The number of ketones is 1. The van der Waals surface area contributed by atoms with Gasteiger partial charge in [0.05, 0.1) is 39.4 Å². The number of hydrogen-bond acceptors (Lipinski definition) is 6. The second-order valence-electron chi connectivity index (χ2n) is 16.4. The van der Waals surface area contributed by atoms with Gasteiger partial charge < -0.3 is 19.8 Å². The fourth-order valence-electron chi connectivity index (χ4n) is 8.75. The summed E-state index contributed by atoms with van der Waals surface area (Å²) in [6, 6.07) is 11.7. The van der Waals surface area contributed by atoms with Crippen molar-refractivity contribution in [1.29, 1.82) is 0 Å². The lowest BCUT2D eigenvalue weighted by atomic mass is 9.83. The Labute approximate surface area is 316 Å². The molecule has 0 unspecified atom stereocenters. The van der Waals surface area contributed by atoms with Crippen molar-refractivity contribution in [1.82, 2.24) is 19.9 Å². The number of aliphatic carboxylic acids is 1. The SMILES string of the molecule is CCC1=C(C)c2cc3[nH]c(c(C)c3C(C)C)c(-c3ccc(C(=O)OC(C)(C)C)cc3)c3nc(c4c5[nH]c(cc1n2)c(C)c5C(=O)C4)[C@@H](CCC(=O)O)[C@@H]3C. The van der Waals surface area contributed by atoms with E-state index in [9.17, 15) is 19.5 Å². The van der Waals surface area contributed by atoms with Crippen molar-refractivity contribution in [2.45, 2.75) is 118 Å². The molecule has 0 amide bonds. The third-order valence-corrected chi connectivity index (χ3v) is 11.3. The number of Topliss-reactive ketones (excluding diaryl/α,β-unsaturated/α-hetero) is 1. The largest absolute Gasteiger partial charge is 0.481 e.